The number of likely N-dealkylation sites (tertiary alicyclic amines) is 1. The van der Waals surface area contributed by atoms with Crippen LogP contribution in [0.15, 0.2) is 48.8 Å². The first-order valence-corrected chi connectivity index (χ1v) is 15.2. The summed E-state index contributed by atoms with van der Waals surface area (Å²) in [7, 11) is 1.78. The summed E-state index contributed by atoms with van der Waals surface area (Å²) in [5, 5.41) is 11.5. The van der Waals surface area contributed by atoms with Crippen molar-refractivity contribution in [3.8, 4) is 12.1 Å². The number of ether oxygens (including phenoxy) is 2. The van der Waals surface area contributed by atoms with Crippen molar-refractivity contribution >= 4 is 34.1 Å². The van der Waals surface area contributed by atoms with Gasteiger partial charge in [-0.15, -0.1) is 0 Å². The number of fused-ring (bicyclic) bond motifs is 2. The van der Waals surface area contributed by atoms with Gasteiger partial charge in [-0.3, -0.25) is 9.59 Å². The summed E-state index contributed by atoms with van der Waals surface area (Å²) >= 11 is 0. The van der Waals surface area contributed by atoms with Gasteiger partial charge in [-0.2, -0.15) is 15.2 Å². The zero-order chi connectivity index (χ0) is 31.7. The van der Waals surface area contributed by atoms with Crippen LogP contribution >= 0.6 is 0 Å². The Kier molecular flexibility index (Phi) is 8.54. The van der Waals surface area contributed by atoms with Gasteiger partial charge in [0.25, 0.3) is 5.91 Å². The van der Waals surface area contributed by atoms with Crippen LogP contribution in [0.4, 0.5) is 15.9 Å². The standard InChI is InChI=1S/C33H36FN7O4/c1-21-6-4-7-23-8-5-9-27(30(21)23)39-14-12-25-26(18-39)36-33(45-20-24-10-11-28(42)38(24)3)37-31(25)40-15-16-41(32(43)22(2)34)29(19-40)44-17-13-35/h4-9,24,29H,2,10-12,14-20H2,1,3H3/t24-,29?/m0/s1. The van der Waals surface area contributed by atoms with Crippen molar-refractivity contribution in [3.63, 3.8) is 0 Å². The van der Waals surface area contributed by atoms with E-state index in [0.29, 0.717) is 38.2 Å². The summed E-state index contributed by atoms with van der Waals surface area (Å²) in [6.45, 7) is 7.24. The fraction of sp³-hybridized carbons (Fsp3) is 0.424. The third-order valence-electron chi connectivity index (χ3n) is 8.96. The second-order valence-corrected chi connectivity index (χ2v) is 11.7. The molecule has 2 atom stereocenters. The Morgan fingerprint density at radius 3 is 2.67 bits per heavy atom. The number of likely N-dealkylation sites (N-methyl/N-ethyl adjacent to an activating group) is 1. The largest absolute Gasteiger partial charge is 0.461 e. The van der Waals surface area contributed by atoms with Gasteiger partial charge in [-0.25, -0.2) is 4.39 Å². The normalized spacial score (nSPS) is 19.9. The summed E-state index contributed by atoms with van der Waals surface area (Å²) in [5.41, 5.74) is 4.13. The van der Waals surface area contributed by atoms with Crippen LogP contribution in [0.1, 0.15) is 29.7 Å². The monoisotopic (exact) mass is 613 g/mol. The number of halogens is 1. The molecule has 2 amide bonds. The molecular formula is C33H36FN7O4. The molecule has 0 aliphatic carbocycles. The molecule has 3 aliphatic rings. The maximum Gasteiger partial charge on any atom is 0.318 e. The number of rotatable bonds is 8. The molecule has 45 heavy (non-hydrogen) atoms. The number of hydrogen-bond donors (Lipinski definition) is 0. The smallest absolute Gasteiger partial charge is 0.318 e. The van der Waals surface area contributed by atoms with Gasteiger partial charge in [0.05, 0.1) is 30.9 Å². The van der Waals surface area contributed by atoms with Crippen LogP contribution in [0.2, 0.25) is 0 Å². The summed E-state index contributed by atoms with van der Waals surface area (Å²) in [6, 6.07) is 14.7. The Labute approximate surface area is 261 Å². The van der Waals surface area contributed by atoms with Crippen molar-refractivity contribution < 1.29 is 23.5 Å². The summed E-state index contributed by atoms with van der Waals surface area (Å²) in [4.78, 5) is 41.6. The minimum atomic E-state index is -1.08. The Hall–Kier alpha value is -4.76. The van der Waals surface area contributed by atoms with Crippen molar-refractivity contribution in [3.05, 3.63) is 65.6 Å². The molecule has 2 fully saturated rings. The second kappa shape index (κ2) is 12.7. The molecule has 1 aromatic heterocycles. The molecule has 11 nitrogen and oxygen atoms in total. The number of aryl methyl sites for hydroxylation is 1. The lowest BCUT2D eigenvalue weighted by molar-refractivity contribution is -0.143. The Morgan fingerprint density at radius 2 is 1.93 bits per heavy atom. The van der Waals surface area contributed by atoms with E-state index in [0.717, 1.165) is 23.5 Å². The lowest BCUT2D eigenvalue weighted by Gasteiger charge is -2.42. The maximum atomic E-state index is 13.9. The van der Waals surface area contributed by atoms with Crippen molar-refractivity contribution in [1.82, 2.24) is 19.8 Å². The molecule has 0 saturated carbocycles. The van der Waals surface area contributed by atoms with Crippen molar-refractivity contribution in [2.75, 3.05) is 56.2 Å². The van der Waals surface area contributed by atoms with Gasteiger partial charge in [0, 0.05) is 49.7 Å². The third kappa shape index (κ3) is 6.00. The van der Waals surface area contributed by atoms with E-state index in [1.54, 1.807) is 11.9 Å². The first-order chi connectivity index (χ1) is 21.7. The summed E-state index contributed by atoms with van der Waals surface area (Å²) in [5.74, 6) is -1.19. The number of anilines is 2. The molecule has 0 radical (unpaired) electrons. The van der Waals surface area contributed by atoms with E-state index in [1.807, 2.05) is 11.0 Å². The quantitative estimate of drug-likeness (QED) is 0.352. The third-order valence-corrected chi connectivity index (χ3v) is 8.96. The Morgan fingerprint density at radius 1 is 1.13 bits per heavy atom. The van der Waals surface area contributed by atoms with E-state index in [9.17, 15) is 14.0 Å². The zero-order valence-electron chi connectivity index (χ0n) is 25.5. The highest BCUT2D eigenvalue weighted by atomic mass is 19.1. The van der Waals surface area contributed by atoms with Crippen LogP contribution in [0, 0.1) is 18.3 Å². The average molecular weight is 614 g/mol. The SMILES string of the molecule is C=C(F)C(=O)N1CCN(c2nc(OC[C@@H]3CCC(=O)N3C)nc3c2CCN(c2cccc4cccc(C)c24)C3)CC1OCC#N. The predicted octanol–water partition coefficient (Wildman–Crippen LogP) is 3.50. The molecule has 0 spiro atoms. The lowest BCUT2D eigenvalue weighted by atomic mass is 9.99. The molecule has 6 rings (SSSR count). The van der Waals surface area contributed by atoms with Crippen LogP contribution < -0.4 is 14.5 Å². The molecule has 1 unspecified atom stereocenters. The van der Waals surface area contributed by atoms with E-state index < -0.39 is 18.0 Å². The first-order valence-electron chi connectivity index (χ1n) is 15.2. The molecular weight excluding hydrogens is 577 g/mol. The summed E-state index contributed by atoms with van der Waals surface area (Å²) < 4.78 is 25.7. The van der Waals surface area contributed by atoms with E-state index in [-0.39, 0.29) is 44.3 Å². The number of benzene rings is 2. The number of hydrogen-bond acceptors (Lipinski definition) is 9. The van der Waals surface area contributed by atoms with Crippen LogP contribution in [-0.2, 0) is 27.3 Å². The fourth-order valence-corrected chi connectivity index (χ4v) is 6.53. The fourth-order valence-electron chi connectivity index (χ4n) is 6.53. The number of nitriles is 1. The molecule has 3 aromatic rings. The molecule has 0 bridgehead atoms. The highest BCUT2D eigenvalue weighted by Gasteiger charge is 2.36. The first kappa shape index (κ1) is 30.3. The van der Waals surface area contributed by atoms with Crippen LogP contribution in [0.5, 0.6) is 6.01 Å². The van der Waals surface area contributed by atoms with E-state index in [1.165, 1.54) is 21.2 Å². The van der Waals surface area contributed by atoms with Crippen LogP contribution in [-0.4, -0.2) is 90.3 Å². The van der Waals surface area contributed by atoms with Crippen LogP contribution in [0.25, 0.3) is 10.8 Å². The maximum absolute atomic E-state index is 13.9. The molecule has 3 aliphatic heterocycles. The minimum absolute atomic E-state index is 0.0668. The van der Waals surface area contributed by atoms with Gasteiger partial charge < -0.3 is 29.1 Å². The molecule has 234 valence electrons. The predicted molar refractivity (Wildman–Crippen MR) is 166 cm³/mol. The van der Waals surface area contributed by atoms with Gasteiger partial charge in [0.1, 0.15) is 19.0 Å². The molecule has 0 N–H and O–H groups in total. The van der Waals surface area contributed by atoms with Gasteiger partial charge >= 0.3 is 6.01 Å². The Bertz CT molecular complexity index is 1690. The summed E-state index contributed by atoms with van der Waals surface area (Å²) in [6.07, 6.45) is 0.982. The lowest BCUT2D eigenvalue weighted by Crippen LogP contribution is -2.57. The van der Waals surface area contributed by atoms with E-state index >= 15 is 0 Å². The minimum Gasteiger partial charge on any atom is -0.461 e. The number of carbonyl (C=O) groups excluding carboxylic acids is 2. The molecule has 12 heteroatoms. The van der Waals surface area contributed by atoms with Crippen LogP contribution in [0.3, 0.4) is 0 Å². The molecule has 4 heterocycles. The number of amides is 2. The zero-order valence-corrected chi connectivity index (χ0v) is 25.5. The van der Waals surface area contributed by atoms with Gasteiger partial charge in [0.2, 0.25) is 5.91 Å². The number of carbonyl (C=O) groups is 2. The van der Waals surface area contributed by atoms with E-state index in [4.69, 9.17) is 24.7 Å². The molecule has 2 saturated heterocycles. The number of aromatic nitrogens is 2. The highest BCUT2D eigenvalue weighted by molar-refractivity contribution is 5.97. The van der Waals surface area contributed by atoms with Crippen molar-refractivity contribution in [1.29, 1.82) is 5.26 Å². The van der Waals surface area contributed by atoms with Crippen molar-refractivity contribution in [2.24, 2.45) is 0 Å². The van der Waals surface area contributed by atoms with Gasteiger partial charge in [0.15, 0.2) is 12.1 Å². The van der Waals surface area contributed by atoms with Crippen molar-refractivity contribution in [2.45, 2.75) is 45.0 Å². The Balaban J connectivity index is 1.34. The van der Waals surface area contributed by atoms with Gasteiger partial charge in [-0.05, 0) is 36.8 Å². The topological polar surface area (TPSA) is 115 Å². The molecule has 2 aromatic carbocycles. The van der Waals surface area contributed by atoms with E-state index in [2.05, 4.69) is 54.8 Å². The average Bonchev–Trinajstić information content (AvgIpc) is 3.37. The second-order valence-electron chi connectivity index (χ2n) is 11.7. The number of nitrogens with zero attached hydrogens (tertiary/aromatic N) is 7. The highest BCUT2D eigenvalue weighted by Crippen LogP contribution is 2.36. The van der Waals surface area contributed by atoms with Gasteiger partial charge in [-0.1, -0.05) is 36.9 Å². The number of piperazine rings is 1.